The Morgan fingerprint density at radius 2 is 2.33 bits per heavy atom. The number of anilines is 1. The Morgan fingerprint density at radius 1 is 1.52 bits per heavy atom. The molecule has 1 atom stereocenters. The molecule has 1 N–H and O–H groups in total. The number of rotatable bonds is 5. The van der Waals surface area contributed by atoms with Gasteiger partial charge in [0.1, 0.15) is 6.07 Å². The van der Waals surface area contributed by atoms with Gasteiger partial charge in [-0.3, -0.25) is 4.90 Å². The first-order chi connectivity index (χ1) is 10.3. The molecule has 1 fully saturated rings. The van der Waals surface area contributed by atoms with Crippen molar-refractivity contribution in [2.75, 3.05) is 25.0 Å². The third-order valence-electron chi connectivity index (χ3n) is 3.75. The molecule has 0 spiro atoms. The van der Waals surface area contributed by atoms with Gasteiger partial charge in [-0.25, -0.2) is 4.98 Å². The summed E-state index contributed by atoms with van der Waals surface area (Å²) in [6.45, 7) is 4.74. The molecular formula is C15H18N4OS. The second kappa shape index (κ2) is 6.29. The van der Waals surface area contributed by atoms with Crippen molar-refractivity contribution in [1.29, 1.82) is 5.26 Å². The predicted molar refractivity (Wildman–Crippen MR) is 82.3 cm³/mol. The zero-order chi connectivity index (χ0) is 14.7. The minimum atomic E-state index is 0.324. The molecule has 1 unspecified atom stereocenters. The first kappa shape index (κ1) is 14.1. The third kappa shape index (κ3) is 3.09. The van der Waals surface area contributed by atoms with Crippen LogP contribution >= 0.6 is 11.3 Å². The summed E-state index contributed by atoms with van der Waals surface area (Å²) in [7, 11) is 0. The number of thiophene rings is 1. The number of nitrogens with zero attached hydrogens (tertiary/aromatic N) is 3. The van der Waals surface area contributed by atoms with Crippen molar-refractivity contribution in [2.45, 2.75) is 25.8 Å². The molecule has 0 saturated carbocycles. The van der Waals surface area contributed by atoms with Crippen molar-refractivity contribution in [3.05, 3.63) is 34.0 Å². The summed E-state index contributed by atoms with van der Waals surface area (Å²) in [6, 6.07) is 6.65. The van der Waals surface area contributed by atoms with Crippen LogP contribution in [-0.2, 0) is 0 Å². The van der Waals surface area contributed by atoms with Gasteiger partial charge in [0.15, 0.2) is 5.89 Å². The van der Waals surface area contributed by atoms with Gasteiger partial charge in [0.2, 0.25) is 11.6 Å². The van der Waals surface area contributed by atoms with E-state index < -0.39 is 0 Å². The molecule has 3 rings (SSSR count). The van der Waals surface area contributed by atoms with Crippen LogP contribution in [0.15, 0.2) is 21.9 Å². The SMILES string of the molecule is Cc1nc(C#N)c(NCC(c2cccs2)N2CCCC2)o1. The Balaban J connectivity index is 1.74. The van der Waals surface area contributed by atoms with Crippen molar-refractivity contribution < 1.29 is 4.42 Å². The van der Waals surface area contributed by atoms with Crippen molar-refractivity contribution in [1.82, 2.24) is 9.88 Å². The molecule has 1 aliphatic heterocycles. The number of hydrogen-bond donors (Lipinski definition) is 1. The second-order valence-electron chi connectivity index (χ2n) is 5.18. The van der Waals surface area contributed by atoms with Crippen LogP contribution in [0.4, 0.5) is 5.88 Å². The largest absolute Gasteiger partial charge is 0.424 e. The summed E-state index contributed by atoms with van der Waals surface area (Å²) in [5.41, 5.74) is 0.332. The Hall–Kier alpha value is -1.84. The Bertz CT molecular complexity index is 623. The molecule has 2 aromatic heterocycles. The summed E-state index contributed by atoms with van der Waals surface area (Å²) < 4.78 is 5.48. The lowest BCUT2D eigenvalue weighted by Crippen LogP contribution is -2.30. The van der Waals surface area contributed by atoms with Gasteiger partial charge in [-0.2, -0.15) is 5.26 Å². The first-order valence-electron chi connectivity index (χ1n) is 7.17. The van der Waals surface area contributed by atoms with Gasteiger partial charge in [0, 0.05) is 18.3 Å². The van der Waals surface area contributed by atoms with Gasteiger partial charge >= 0.3 is 0 Å². The van der Waals surface area contributed by atoms with Crippen LogP contribution in [0.5, 0.6) is 0 Å². The highest BCUT2D eigenvalue weighted by Gasteiger charge is 2.25. The van der Waals surface area contributed by atoms with E-state index in [9.17, 15) is 0 Å². The number of nitriles is 1. The highest BCUT2D eigenvalue weighted by atomic mass is 32.1. The molecule has 21 heavy (non-hydrogen) atoms. The van der Waals surface area contributed by atoms with Crippen LogP contribution in [0.3, 0.4) is 0 Å². The average molecular weight is 302 g/mol. The molecule has 0 aromatic carbocycles. The van der Waals surface area contributed by atoms with E-state index in [4.69, 9.17) is 9.68 Å². The summed E-state index contributed by atoms with van der Waals surface area (Å²) in [6.07, 6.45) is 2.51. The van der Waals surface area contributed by atoms with Gasteiger partial charge in [-0.1, -0.05) is 6.07 Å². The number of aromatic nitrogens is 1. The maximum Gasteiger partial charge on any atom is 0.232 e. The monoisotopic (exact) mass is 302 g/mol. The molecule has 1 saturated heterocycles. The minimum Gasteiger partial charge on any atom is -0.424 e. The Kier molecular flexibility index (Phi) is 4.23. The van der Waals surface area contributed by atoms with Crippen LogP contribution in [0.2, 0.25) is 0 Å². The van der Waals surface area contributed by atoms with Crippen molar-refractivity contribution >= 4 is 17.2 Å². The minimum absolute atomic E-state index is 0.324. The quantitative estimate of drug-likeness (QED) is 0.919. The van der Waals surface area contributed by atoms with Crippen LogP contribution in [0, 0.1) is 18.3 Å². The molecule has 0 radical (unpaired) electrons. The van der Waals surface area contributed by atoms with E-state index in [-0.39, 0.29) is 0 Å². The van der Waals surface area contributed by atoms with Gasteiger partial charge in [-0.15, -0.1) is 11.3 Å². The highest BCUT2D eigenvalue weighted by molar-refractivity contribution is 7.10. The molecule has 110 valence electrons. The number of nitrogens with one attached hydrogen (secondary N) is 1. The van der Waals surface area contributed by atoms with Gasteiger partial charge in [-0.05, 0) is 37.4 Å². The lowest BCUT2D eigenvalue weighted by atomic mass is 10.2. The number of aryl methyl sites for hydroxylation is 1. The standard InChI is InChI=1S/C15H18N4OS/c1-11-18-12(9-16)15(20-11)17-10-13(14-5-4-8-21-14)19-6-2-3-7-19/h4-5,8,13,17H,2-3,6-7,10H2,1H3. The summed E-state index contributed by atoms with van der Waals surface area (Å²) in [5.74, 6) is 0.999. The molecule has 0 aliphatic carbocycles. The van der Waals surface area contributed by atoms with E-state index >= 15 is 0 Å². The zero-order valence-corrected chi connectivity index (χ0v) is 12.8. The van der Waals surface area contributed by atoms with E-state index in [0.29, 0.717) is 23.5 Å². The van der Waals surface area contributed by atoms with E-state index in [1.807, 2.05) is 0 Å². The van der Waals surface area contributed by atoms with Crippen molar-refractivity contribution in [3.8, 4) is 6.07 Å². The van der Waals surface area contributed by atoms with Crippen molar-refractivity contribution in [3.63, 3.8) is 0 Å². The first-order valence-corrected chi connectivity index (χ1v) is 8.05. The fourth-order valence-electron chi connectivity index (χ4n) is 2.76. The molecule has 2 aromatic rings. The third-order valence-corrected chi connectivity index (χ3v) is 4.72. The van der Waals surface area contributed by atoms with Crippen LogP contribution < -0.4 is 5.32 Å². The fraction of sp³-hybridized carbons (Fsp3) is 0.467. The fourth-order valence-corrected chi connectivity index (χ4v) is 3.62. The van der Waals surface area contributed by atoms with E-state index in [2.05, 4.69) is 38.8 Å². The molecular weight excluding hydrogens is 284 g/mol. The number of oxazole rings is 1. The van der Waals surface area contributed by atoms with Crippen LogP contribution in [-0.4, -0.2) is 29.5 Å². The van der Waals surface area contributed by atoms with Crippen LogP contribution in [0.25, 0.3) is 0 Å². The normalized spacial score (nSPS) is 16.8. The predicted octanol–water partition coefficient (Wildman–Crippen LogP) is 3.17. The molecule has 1 aliphatic rings. The molecule has 6 heteroatoms. The maximum absolute atomic E-state index is 9.07. The average Bonchev–Trinajstić information content (AvgIpc) is 3.20. The molecule has 0 bridgehead atoms. The lowest BCUT2D eigenvalue weighted by Gasteiger charge is -2.26. The number of hydrogen-bond acceptors (Lipinski definition) is 6. The lowest BCUT2D eigenvalue weighted by molar-refractivity contribution is 0.258. The molecule has 5 nitrogen and oxygen atoms in total. The van der Waals surface area contributed by atoms with E-state index in [0.717, 1.165) is 19.6 Å². The topological polar surface area (TPSA) is 65.1 Å². The Morgan fingerprint density at radius 3 is 3.00 bits per heavy atom. The van der Waals surface area contributed by atoms with E-state index in [1.165, 1.54) is 17.7 Å². The molecule has 0 amide bonds. The highest BCUT2D eigenvalue weighted by Crippen LogP contribution is 2.29. The summed E-state index contributed by atoms with van der Waals surface area (Å²) in [5, 5.41) is 14.4. The van der Waals surface area contributed by atoms with Gasteiger partial charge < -0.3 is 9.73 Å². The summed E-state index contributed by atoms with van der Waals surface area (Å²) >= 11 is 1.78. The van der Waals surface area contributed by atoms with Crippen molar-refractivity contribution in [2.24, 2.45) is 0 Å². The molecule has 3 heterocycles. The number of likely N-dealkylation sites (tertiary alicyclic amines) is 1. The smallest absolute Gasteiger partial charge is 0.232 e. The maximum atomic E-state index is 9.07. The zero-order valence-electron chi connectivity index (χ0n) is 12.0. The van der Waals surface area contributed by atoms with Gasteiger partial charge in [0.25, 0.3) is 0 Å². The summed E-state index contributed by atoms with van der Waals surface area (Å²) in [4.78, 5) is 7.91. The Labute approximate surface area is 128 Å². The van der Waals surface area contributed by atoms with Crippen LogP contribution in [0.1, 0.15) is 35.3 Å². The van der Waals surface area contributed by atoms with E-state index in [1.54, 1.807) is 18.3 Å². The second-order valence-corrected chi connectivity index (χ2v) is 6.16. The van der Waals surface area contributed by atoms with Gasteiger partial charge in [0.05, 0.1) is 6.04 Å².